The Bertz CT molecular complexity index is 976. The quantitative estimate of drug-likeness (QED) is 0.752. The van der Waals surface area contributed by atoms with Gasteiger partial charge in [-0.3, -0.25) is 4.79 Å². The van der Waals surface area contributed by atoms with E-state index in [-0.39, 0.29) is 0 Å². The van der Waals surface area contributed by atoms with E-state index in [1.165, 1.54) is 6.21 Å². The molecule has 6 heteroatoms. The largest absolute Gasteiger partial charge is 0.465 e. The van der Waals surface area contributed by atoms with Crippen molar-refractivity contribution in [1.29, 1.82) is 0 Å². The third kappa shape index (κ3) is 2.67. The zero-order valence-corrected chi connectivity index (χ0v) is 11.8. The summed E-state index contributed by atoms with van der Waals surface area (Å²) in [4.78, 5) is 26.8. The zero-order chi connectivity index (χ0) is 15.5. The first-order chi connectivity index (χ1) is 10.6. The molecular weight excluding hydrogens is 282 g/mol. The van der Waals surface area contributed by atoms with Crippen LogP contribution in [0.15, 0.2) is 67.3 Å². The van der Waals surface area contributed by atoms with Gasteiger partial charge in [-0.25, -0.2) is 4.79 Å². The minimum atomic E-state index is -0.578. The summed E-state index contributed by atoms with van der Waals surface area (Å²) in [5.41, 5.74) is 0.202. The lowest BCUT2D eigenvalue weighted by Gasteiger charge is -2.00. The summed E-state index contributed by atoms with van der Waals surface area (Å²) in [6, 6.07) is 10.4. The molecule has 1 aromatic carbocycles. The average molecular weight is 295 g/mol. The molecule has 0 aliphatic carbocycles. The summed E-state index contributed by atoms with van der Waals surface area (Å²) in [6.07, 6.45) is 4.76. The predicted octanol–water partition coefficient (Wildman–Crippen LogP) is 2.22. The molecule has 0 bridgehead atoms. The molecule has 0 atom stereocenters. The SMILES string of the molecule is CC(C=Nn1c(=O)[nH]c2ccccc2c1=O)=Cc1ccco1. The highest BCUT2D eigenvalue weighted by atomic mass is 16.3. The molecule has 2 aromatic heterocycles. The van der Waals surface area contributed by atoms with Gasteiger partial charge in [-0.1, -0.05) is 12.1 Å². The van der Waals surface area contributed by atoms with Crippen LogP contribution in [-0.2, 0) is 0 Å². The highest BCUT2D eigenvalue weighted by molar-refractivity contribution is 5.84. The highest BCUT2D eigenvalue weighted by Gasteiger charge is 2.05. The number of fused-ring (bicyclic) bond motifs is 1. The summed E-state index contributed by atoms with van der Waals surface area (Å²) in [5.74, 6) is 0.670. The minimum absolute atomic E-state index is 0.409. The van der Waals surface area contributed by atoms with Crippen LogP contribution >= 0.6 is 0 Å². The maximum atomic E-state index is 12.3. The van der Waals surface area contributed by atoms with Crippen molar-refractivity contribution in [2.45, 2.75) is 6.92 Å². The van der Waals surface area contributed by atoms with Crippen LogP contribution in [0, 0.1) is 0 Å². The Morgan fingerprint density at radius 1 is 1.23 bits per heavy atom. The third-order valence-electron chi connectivity index (χ3n) is 3.07. The van der Waals surface area contributed by atoms with Gasteiger partial charge in [0.25, 0.3) is 5.56 Å². The summed E-state index contributed by atoms with van der Waals surface area (Å²) < 4.78 is 5.99. The number of hydrogen-bond donors (Lipinski definition) is 1. The lowest BCUT2D eigenvalue weighted by atomic mass is 10.2. The van der Waals surface area contributed by atoms with Gasteiger partial charge >= 0.3 is 5.69 Å². The fourth-order valence-electron chi connectivity index (χ4n) is 2.04. The lowest BCUT2D eigenvalue weighted by molar-refractivity contribution is 0.557. The third-order valence-corrected chi connectivity index (χ3v) is 3.07. The van der Waals surface area contributed by atoms with E-state index in [0.29, 0.717) is 16.7 Å². The van der Waals surface area contributed by atoms with Crippen molar-refractivity contribution in [3.8, 4) is 0 Å². The molecule has 1 N–H and O–H groups in total. The van der Waals surface area contributed by atoms with E-state index in [2.05, 4.69) is 10.1 Å². The van der Waals surface area contributed by atoms with Gasteiger partial charge in [-0.2, -0.15) is 5.10 Å². The van der Waals surface area contributed by atoms with Gasteiger partial charge in [0.2, 0.25) is 0 Å². The smallest absolute Gasteiger partial charge is 0.349 e. The monoisotopic (exact) mass is 295 g/mol. The van der Waals surface area contributed by atoms with Gasteiger partial charge < -0.3 is 9.40 Å². The van der Waals surface area contributed by atoms with Crippen LogP contribution in [0.5, 0.6) is 0 Å². The van der Waals surface area contributed by atoms with E-state index in [9.17, 15) is 9.59 Å². The zero-order valence-electron chi connectivity index (χ0n) is 11.8. The molecule has 0 saturated heterocycles. The Morgan fingerprint density at radius 2 is 2.05 bits per heavy atom. The molecule has 2 heterocycles. The Morgan fingerprint density at radius 3 is 2.82 bits per heavy atom. The number of furan rings is 1. The number of H-pyrrole nitrogens is 1. The fourth-order valence-corrected chi connectivity index (χ4v) is 2.04. The van der Waals surface area contributed by atoms with Crippen molar-refractivity contribution in [3.63, 3.8) is 0 Å². The highest BCUT2D eigenvalue weighted by Crippen LogP contribution is 2.06. The number of aromatic nitrogens is 2. The lowest BCUT2D eigenvalue weighted by Crippen LogP contribution is -2.32. The number of rotatable bonds is 3. The molecule has 0 aliphatic rings. The Kier molecular flexibility index (Phi) is 3.57. The predicted molar refractivity (Wildman–Crippen MR) is 85.1 cm³/mol. The average Bonchev–Trinajstić information content (AvgIpc) is 3.00. The van der Waals surface area contributed by atoms with Gasteiger partial charge in [0.15, 0.2) is 0 Å². The van der Waals surface area contributed by atoms with Crippen LogP contribution in [0.2, 0.25) is 0 Å². The molecule has 6 nitrogen and oxygen atoms in total. The number of aromatic amines is 1. The maximum absolute atomic E-state index is 12.3. The first-order valence-electron chi connectivity index (χ1n) is 6.65. The van der Waals surface area contributed by atoms with Gasteiger partial charge in [0.05, 0.1) is 23.4 Å². The standard InChI is InChI=1S/C16H13N3O3/c1-11(9-12-5-4-8-22-12)10-17-19-15(20)13-6-2-3-7-14(13)18-16(19)21/h2-10H,1H3,(H,18,21). The Balaban J connectivity index is 2.02. The van der Waals surface area contributed by atoms with E-state index in [1.54, 1.807) is 55.7 Å². The number of hydrogen-bond acceptors (Lipinski definition) is 4. The Hall–Kier alpha value is -3.15. The second kappa shape index (κ2) is 5.69. The fraction of sp³-hybridized carbons (Fsp3) is 0.0625. The Labute approximate surface area is 125 Å². The molecule has 3 rings (SSSR count). The normalized spacial score (nSPS) is 12.3. The first kappa shape index (κ1) is 13.8. The second-order valence-electron chi connectivity index (χ2n) is 4.74. The van der Waals surface area contributed by atoms with Gasteiger partial charge in [-0.05, 0) is 42.8 Å². The number of nitrogens with one attached hydrogen (secondary N) is 1. The minimum Gasteiger partial charge on any atom is -0.465 e. The molecule has 0 unspecified atom stereocenters. The number of para-hydroxylation sites is 1. The second-order valence-corrected chi connectivity index (χ2v) is 4.74. The number of benzene rings is 1. The van der Waals surface area contributed by atoms with Crippen LogP contribution < -0.4 is 11.2 Å². The van der Waals surface area contributed by atoms with E-state index < -0.39 is 11.2 Å². The van der Waals surface area contributed by atoms with Crippen molar-refractivity contribution in [2.24, 2.45) is 5.10 Å². The molecule has 0 aliphatic heterocycles. The molecule has 22 heavy (non-hydrogen) atoms. The summed E-state index contributed by atoms with van der Waals surface area (Å²) in [5, 5.41) is 4.37. The van der Waals surface area contributed by atoms with Gasteiger partial charge in [0.1, 0.15) is 5.76 Å². The van der Waals surface area contributed by atoms with Crippen molar-refractivity contribution < 1.29 is 4.42 Å². The van der Waals surface area contributed by atoms with E-state index in [4.69, 9.17) is 4.42 Å². The summed E-state index contributed by atoms with van der Waals surface area (Å²) >= 11 is 0. The van der Waals surface area contributed by atoms with E-state index in [1.807, 2.05) is 0 Å². The van der Waals surface area contributed by atoms with Crippen LogP contribution in [0.25, 0.3) is 17.0 Å². The van der Waals surface area contributed by atoms with Crippen LogP contribution in [-0.4, -0.2) is 15.9 Å². The number of allylic oxidation sites excluding steroid dienone is 1. The number of nitrogens with zero attached hydrogens (tertiary/aromatic N) is 2. The molecule has 3 aromatic rings. The first-order valence-corrected chi connectivity index (χ1v) is 6.65. The van der Waals surface area contributed by atoms with Gasteiger partial charge in [-0.15, -0.1) is 4.68 Å². The van der Waals surface area contributed by atoms with E-state index in [0.717, 1.165) is 10.2 Å². The molecular formula is C16H13N3O3. The van der Waals surface area contributed by atoms with Crippen LogP contribution in [0.4, 0.5) is 0 Å². The maximum Gasteiger partial charge on any atom is 0.349 e. The molecule has 0 spiro atoms. The molecule has 110 valence electrons. The van der Waals surface area contributed by atoms with E-state index >= 15 is 0 Å². The molecule has 0 saturated carbocycles. The summed E-state index contributed by atoms with van der Waals surface area (Å²) in [7, 11) is 0. The molecule has 0 radical (unpaired) electrons. The molecule has 0 fully saturated rings. The van der Waals surface area contributed by atoms with Crippen LogP contribution in [0.1, 0.15) is 12.7 Å². The van der Waals surface area contributed by atoms with Crippen molar-refractivity contribution in [2.75, 3.05) is 0 Å². The van der Waals surface area contributed by atoms with Crippen molar-refractivity contribution >= 4 is 23.2 Å². The summed E-state index contributed by atoms with van der Waals surface area (Å²) in [6.45, 7) is 1.80. The topological polar surface area (TPSA) is 80.4 Å². The van der Waals surface area contributed by atoms with Crippen LogP contribution in [0.3, 0.4) is 0 Å². The van der Waals surface area contributed by atoms with Crippen molar-refractivity contribution in [1.82, 2.24) is 9.66 Å². The van der Waals surface area contributed by atoms with Crippen molar-refractivity contribution in [3.05, 3.63) is 74.8 Å². The van der Waals surface area contributed by atoms with Gasteiger partial charge in [0, 0.05) is 0 Å². The molecule has 0 amide bonds.